The Morgan fingerprint density at radius 2 is 2.00 bits per heavy atom. The number of hydrogen-bond acceptors (Lipinski definition) is 0. The molecular weight excluding hydrogens is 222 g/mol. The number of halogens is 1. The van der Waals surface area contributed by atoms with Gasteiger partial charge >= 0.3 is 36.8 Å². The van der Waals surface area contributed by atoms with Gasteiger partial charge in [-0.1, -0.05) is 0 Å². The normalized spacial score (nSPS) is 5.20. The van der Waals surface area contributed by atoms with E-state index in [2.05, 4.69) is 25.8 Å². The fourth-order valence-electron chi connectivity index (χ4n) is 0. The molecule has 0 unspecified atom stereocenters. The summed E-state index contributed by atoms with van der Waals surface area (Å²) in [5.74, 6) is 0. The Kier molecular flexibility index (Phi) is 16.5. The van der Waals surface area contributed by atoms with Crippen molar-refractivity contribution in [2.75, 3.05) is 0 Å². The zero-order chi connectivity index (χ0) is 3.41. The summed E-state index contributed by atoms with van der Waals surface area (Å²) in [7, 11) is 0. The summed E-state index contributed by atoms with van der Waals surface area (Å²) in [4.78, 5) is 0.933. The molecule has 0 radical (unpaired) electrons. The number of rotatable bonds is 1. The van der Waals surface area contributed by atoms with Crippen LogP contribution in [0.5, 0.6) is 0 Å². The molecule has 0 atom stereocenters. The third-order valence-corrected chi connectivity index (χ3v) is 0.540. The first kappa shape index (κ1) is 9.30. The molecule has 0 spiro atoms. The Balaban J connectivity index is 0. The maximum atomic E-state index is 3.44. The second-order valence-corrected chi connectivity index (χ2v) is 1.05. The third kappa shape index (κ3) is 11.4. The predicted molar refractivity (Wildman–Crippen MR) is 25.3 cm³/mol. The first-order chi connectivity index (χ1) is 1.91. The maximum absolute atomic E-state index is 3.44. The average molecular weight is 228 g/mol. The van der Waals surface area contributed by atoms with Crippen molar-refractivity contribution < 1.29 is 19.2 Å². The van der Waals surface area contributed by atoms with E-state index in [1.54, 1.807) is 0 Å². The molecular formula is C3H6BrPd. The van der Waals surface area contributed by atoms with Crippen LogP contribution >= 0.6 is 17.0 Å². The van der Waals surface area contributed by atoms with Crippen LogP contribution in [-0.2, 0) is 19.2 Å². The monoisotopic (exact) mass is 227 g/mol. The van der Waals surface area contributed by atoms with Gasteiger partial charge in [0.05, 0.1) is 0 Å². The van der Waals surface area contributed by atoms with E-state index in [9.17, 15) is 0 Å². The fraction of sp³-hybridized carbons (Fsp3) is 0.333. The van der Waals surface area contributed by atoms with Gasteiger partial charge in [-0.05, 0) is 0 Å². The van der Waals surface area contributed by atoms with Crippen molar-refractivity contribution in [3.8, 4) is 0 Å². The standard InChI is InChI=1S/C3H5.BrH.Pd/c1-3-2;;/h3H,1-2H2;1H;. The average Bonchev–Trinajstić information content (AvgIpc) is 1.37. The van der Waals surface area contributed by atoms with Crippen LogP contribution in [0, 0.1) is 0 Å². The van der Waals surface area contributed by atoms with Crippen LogP contribution in [0.3, 0.4) is 0 Å². The van der Waals surface area contributed by atoms with Gasteiger partial charge in [0.2, 0.25) is 0 Å². The first-order valence-electron chi connectivity index (χ1n) is 1.04. The van der Waals surface area contributed by atoms with Crippen LogP contribution in [0.2, 0.25) is 4.89 Å². The van der Waals surface area contributed by atoms with Gasteiger partial charge in [-0.15, -0.1) is 17.0 Å². The number of allylic oxidation sites excluding steroid dienone is 1. The van der Waals surface area contributed by atoms with E-state index in [1.165, 1.54) is 0 Å². The van der Waals surface area contributed by atoms with Crippen molar-refractivity contribution in [3.63, 3.8) is 0 Å². The zero-order valence-corrected chi connectivity index (χ0v) is 5.98. The number of hydrogen-bond donors (Lipinski definition) is 0. The molecule has 2 heteroatoms. The fourth-order valence-corrected chi connectivity index (χ4v) is 0. The predicted octanol–water partition coefficient (Wildman–Crippen LogP) is 1.72. The topological polar surface area (TPSA) is 0 Å². The van der Waals surface area contributed by atoms with Gasteiger partial charge in [-0.2, -0.15) is 0 Å². The van der Waals surface area contributed by atoms with Crippen molar-refractivity contribution in [2.45, 2.75) is 4.89 Å². The summed E-state index contributed by atoms with van der Waals surface area (Å²) in [6.07, 6.45) is 1.81. The molecule has 0 aliphatic heterocycles. The van der Waals surface area contributed by atoms with Crippen molar-refractivity contribution >= 4 is 17.0 Å². The molecule has 5 heavy (non-hydrogen) atoms. The molecule has 0 aliphatic rings. The summed E-state index contributed by atoms with van der Waals surface area (Å²) in [5, 5.41) is 0. The molecule has 0 N–H and O–H groups in total. The van der Waals surface area contributed by atoms with Gasteiger partial charge in [0.1, 0.15) is 0 Å². The Labute approximate surface area is 53.8 Å². The van der Waals surface area contributed by atoms with Gasteiger partial charge in [-0.25, -0.2) is 0 Å². The molecule has 0 amide bonds. The molecule has 0 aliphatic carbocycles. The Bertz CT molecular complexity index is 20.9. The quantitative estimate of drug-likeness (QED) is 0.473. The Morgan fingerprint density at radius 3 is 2.00 bits per heavy atom. The van der Waals surface area contributed by atoms with Crippen molar-refractivity contribution in [1.82, 2.24) is 0 Å². The molecule has 0 bridgehead atoms. The third-order valence-electron chi connectivity index (χ3n) is 0.0913. The van der Waals surface area contributed by atoms with Gasteiger partial charge in [0, 0.05) is 0 Å². The molecule has 0 aromatic rings. The van der Waals surface area contributed by atoms with Crippen LogP contribution < -0.4 is 0 Å². The molecule has 0 aromatic carbocycles. The SMILES string of the molecule is Br.C=C[CH2][Pd]. The van der Waals surface area contributed by atoms with Crippen LogP contribution in [0.1, 0.15) is 0 Å². The van der Waals surface area contributed by atoms with Crippen molar-refractivity contribution in [1.29, 1.82) is 0 Å². The molecule has 0 fully saturated rings. The van der Waals surface area contributed by atoms with Gasteiger partial charge in [-0.3, -0.25) is 0 Å². The van der Waals surface area contributed by atoms with Crippen molar-refractivity contribution in [2.24, 2.45) is 0 Å². The minimum atomic E-state index is 0. The molecule has 0 saturated carbocycles. The second kappa shape index (κ2) is 8.86. The van der Waals surface area contributed by atoms with Gasteiger partial charge in [0.15, 0.2) is 0 Å². The van der Waals surface area contributed by atoms with Crippen LogP contribution in [0.15, 0.2) is 12.7 Å². The zero-order valence-electron chi connectivity index (χ0n) is 2.72. The molecule has 0 aromatic heterocycles. The summed E-state index contributed by atoms with van der Waals surface area (Å²) in [6, 6.07) is 0. The van der Waals surface area contributed by atoms with E-state index in [-0.39, 0.29) is 17.0 Å². The Morgan fingerprint density at radius 1 is 1.80 bits per heavy atom. The van der Waals surface area contributed by atoms with Crippen LogP contribution in [-0.4, -0.2) is 0 Å². The van der Waals surface area contributed by atoms with Crippen LogP contribution in [0.25, 0.3) is 0 Å². The van der Waals surface area contributed by atoms with E-state index in [1.807, 2.05) is 6.08 Å². The van der Waals surface area contributed by atoms with E-state index in [0.29, 0.717) is 0 Å². The van der Waals surface area contributed by atoms with Crippen LogP contribution in [0.4, 0.5) is 0 Å². The summed E-state index contributed by atoms with van der Waals surface area (Å²) >= 11 is 2.92. The molecule has 0 heterocycles. The summed E-state index contributed by atoms with van der Waals surface area (Å²) < 4.78 is 0. The summed E-state index contributed by atoms with van der Waals surface area (Å²) in [5.41, 5.74) is 0. The van der Waals surface area contributed by atoms with E-state index >= 15 is 0 Å². The van der Waals surface area contributed by atoms with Gasteiger partial charge < -0.3 is 0 Å². The first-order valence-corrected chi connectivity index (χ1v) is 2.14. The summed E-state index contributed by atoms with van der Waals surface area (Å²) in [6.45, 7) is 3.44. The molecule has 0 rings (SSSR count). The second-order valence-electron chi connectivity index (χ2n) is 0.418. The van der Waals surface area contributed by atoms with E-state index in [0.717, 1.165) is 4.89 Å². The van der Waals surface area contributed by atoms with Gasteiger partial charge in [0.25, 0.3) is 0 Å². The van der Waals surface area contributed by atoms with E-state index in [4.69, 9.17) is 0 Å². The molecule has 35 valence electrons. The minimum absolute atomic E-state index is 0. The van der Waals surface area contributed by atoms with E-state index < -0.39 is 0 Å². The Hall–Kier alpha value is 0.882. The molecule has 0 saturated heterocycles. The molecule has 0 nitrogen and oxygen atoms in total. The van der Waals surface area contributed by atoms with Crippen molar-refractivity contribution in [3.05, 3.63) is 12.7 Å².